The maximum atomic E-state index is 13.0. The van der Waals surface area contributed by atoms with Gasteiger partial charge in [-0.2, -0.15) is 0 Å². The fraction of sp³-hybridized carbons (Fsp3) is 0.941. The molecular weight excluding hydrogens is 262 g/mol. The average Bonchev–Trinajstić information content (AvgIpc) is 3.20. The van der Waals surface area contributed by atoms with E-state index in [9.17, 15) is 4.79 Å². The standard InChI is InChI=1S/C17H31N3O/c1-2-11-19(13-14-5-6-14)17(21)16-4-3-12-20(16)15-7-9-18-10-8-15/h14-16,18H,2-13H2,1H3. The fourth-order valence-corrected chi connectivity index (χ4v) is 4.01. The summed E-state index contributed by atoms with van der Waals surface area (Å²) in [6.07, 6.45) is 8.43. The highest BCUT2D eigenvalue weighted by molar-refractivity contribution is 5.82. The Bertz CT molecular complexity index is 350. The van der Waals surface area contributed by atoms with Gasteiger partial charge in [-0.1, -0.05) is 6.92 Å². The van der Waals surface area contributed by atoms with Crippen molar-refractivity contribution in [3.8, 4) is 0 Å². The zero-order valence-corrected chi connectivity index (χ0v) is 13.5. The fourth-order valence-electron chi connectivity index (χ4n) is 4.01. The summed E-state index contributed by atoms with van der Waals surface area (Å²) >= 11 is 0. The number of hydrogen-bond donors (Lipinski definition) is 1. The van der Waals surface area contributed by atoms with Crippen molar-refractivity contribution in [2.75, 3.05) is 32.7 Å². The van der Waals surface area contributed by atoms with E-state index in [1.54, 1.807) is 0 Å². The SMILES string of the molecule is CCCN(CC1CC1)C(=O)C1CCCN1C1CCNCC1. The molecule has 1 N–H and O–H groups in total. The summed E-state index contributed by atoms with van der Waals surface area (Å²) in [4.78, 5) is 17.7. The second-order valence-corrected chi connectivity index (χ2v) is 7.10. The van der Waals surface area contributed by atoms with Crippen molar-refractivity contribution in [1.82, 2.24) is 15.1 Å². The van der Waals surface area contributed by atoms with Crippen LogP contribution in [0.15, 0.2) is 0 Å². The van der Waals surface area contributed by atoms with Crippen LogP contribution in [0.5, 0.6) is 0 Å². The van der Waals surface area contributed by atoms with Gasteiger partial charge in [-0.05, 0) is 70.5 Å². The lowest BCUT2D eigenvalue weighted by molar-refractivity contribution is -0.137. The van der Waals surface area contributed by atoms with Crippen LogP contribution in [0.3, 0.4) is 0 Å². The minimum atomic E-state index is 0.179. The predicted octanol–water partition coefficient (Wildman–Crippen LogP) is 1.85. The number of piperidine rings is 1. The highest BCUT2D eigenvalue weighted by Crippen LogP contribution is 2.31. The van der Waals surface area contributed by atoms with Gasteiger partial charge >= 0.3 is 0 Å². The predicted molar refractivity (Wildman–Crippen MR) is 85.2 cm³/mol. The van der Waals surface area contributed by atoms with Crippen LogP contribution in [-0.2, 0) is 4.79 Å². The van der Waals surface area contributed by atoms with Gasteiger partial charge in [-0.3, -0.25) is 9.69 Å². The molecule has 4 heteroatoms. The first-order valence-electron chi connectivity index (χ1n) is 9.05. The molecule has 0 aromatic rings. The lowest BCUT2D eigenvalue weighted by atomic mass is 10.0. The van der Waals surface area contributed by atoms with E-state index in [1.807, 2.05) is 0 Å². The molecule has 0 radical (unpaired) electrons. The summed E-state index contributed by atoms with van der Waals surface area (Å²) in [5, 5.41) is 3.44. The van der Waals surface area contributed by atoms with Crippen molar-refractivity contribution in [2.45, 2.75) is 64.0 Å². The van der Waals surface area contributed by atoms with Crippen molar-refractivity contribution in [1.29, 1.82) is 0 Å². The minimum absolute atomic E-state index is 0.179. The van der Waals surface area contributed by atoms with Gasteiger partial charge in [-0.25, -0.2) is 0 Å². The number of nitrogens with zero attached hydrogens (tertiary/aromatic N) is 2. The highest BCUT2D eigenvalue weighted by Gasteiger charge is 2.38. The van der Waals surface area contributed by atoms with Crippen LogP contribution in [-0.4, -0.2) is 60.5 Å². The smallest absolute Gasteiger partial charge is 0.239 e. The Labute approximate surface area is 129 Å². The number of hydrogen-bond acceptors (Lipinski definition) is 3. The maximum absolute atomic E-state index is 13.0. The molecule has 1 amide bonds. The van der Waals surface area contributed by atoms with E-state index >= 15 is 0 Å². The normalized spacial score (nSPS) is 28.0. The van der Waals surface area contributed by atoms with Crippen LogP contribution in [0.1, 0.15) is 51.9 Å². The molecule has 0 aromatic heterocycles. The Morgan fingerprint density at radius 3 is 2.62 bits per heavy atom. The monoisotopic (exact) mass is 293 g/mol. The third-order valence-electron chi connectivity index (χ3n) is 5.34. The van der Waals surface area contributed by atoms with Crippen molar-refractivity contribution < 1.29 is 4.79 Å². The van der Waals surface area contributed by atoms with Crippen LogP contribution in [0, 0.1) is 5.92 Å². The summed E-state index contributed by atoms with van der Waals surface area (Å²) in [5.41, 5.74) is 0. The molecule has 21 heavy (non-hydrogen) atoms. The summed E-state index contributed by atoms with van der Waals surface area (Å²) in [6, 6.07) is 0.811. The lowest BCUT2D eigenvalue weighted by Crippen LogP contribution is -2.52. The van der Waals surface area contributed by atoms with E-state index in [2.05, 4.69) is 22.0 Å². The number of likely N-dealkylation sites (tertiary alicyclic amines) is 1. The van der Waals surface area contributed by atoms with Crippen LogP contribution >= 0.6 is 0 Å². The molecule has 1 aliphatic carbocycles. The van der Waals surface area contributed by atoms with Gasteiger partial charge < -0.3 is 10.2 Å². The van der Waals surface area contributed by atoms with Crippen LogP contribution in [0.25, 0.3) is 0 Å². The van der Waals surface area contributed by atoms with Crippen molar-refractivity contribution in [3.05, 3.63) is 0 Å². The number of carbonyl (C=O) groups excluding carboxylic acids is 1. The van der Waals surface area contributed by atoms with Crippen molar-refractivity contribution >= 4 is 5.91 Å². The summed E-state index contributed by atoms with van der Waals surface area (Å²) < 4.78 is 0. The number of rotatable bonds is 6. The largest absolute Gasteiger partial charge is 0.341 e. The number of carbonyl (C=O) groups is 1. The molecule has 4 nitrogen and oxygen atoms in total. The lowest BCUT2D eigenvalue weighted by Gasteiger charge is -2.37. The van der Waals surface area contributed by atoms with E-state index in [4.69, 9.17) is 0 Å². The topological polar surface area (TPSA) is 35.6 Å². The Hall–Kier alpha value is -0.610. The maximum Gasteiger partial charge on any atom is 0.239 e. The molecule has 1 saturated carbocycles. The molecule has 1 atom stereocenters. The van der Waals surface area contributed by atoms with Crippen molar-refractivity contribution in [3.63, 3.8) is 0 Å². The van der Waals surface area contributed by atoms with Gasteiger partial charge in [0.05, 0.1) is 6.04 Å². The number of amides is 1. The summed E-state index contributed by atoms with van der Waals surface area (Å²) in [6.45, 7) is 7.51. The first-order valence-corrected chi connectivity index (χ1v) is 9.05. The van der Waals surface area contributed by atoms with Gasteiger partial charge in [0.2, 0.25) is 5.91 Å². The first-order chi connectivity index (χ1) is 10.3. The Kier molecular flexibility index (Phi) is 5.17. The van der Waals surface area contributed by atoms with E-state index in [-0.39, 0.29) is 6.04 Å². The quantitative estimate of drug-likeness (QED) is 0.812. The van der Waals surface area contributed by atoms with E-state index in [0.29, 0.717) is 11.9 Å². The van der Waals surface area contributed by atoms with E-state index < -0.39 is 0 Å². The summed E-state index contributed by atoms with van der Waals surface area (Å²) in [5.74, 6) is 1.23. The third-order valence-corrected chi connectivity index (χ3v) is 5.34. The molecule has 2 saturated heterocycles. The Morgan fingerprint density at radius 1 is 1.19 bits per heavy atom. The second kappa shape index (κ2) is 7.10. The average molecular weight is 293 g/mol. The molecule has 3 fully saturated rings. The van der Waals surface area contributed by atoms with Gasteiger partial charge in [0.15, 0.2) is 0 Å². The van der Waals surface area contributed by atoms with Crippen LogP contribution < -0.4 is 5.32 Å². The Morgan fingerprint density at radius 2 is 1.95 bits per heavy atom. The molecule has 1 unspecified atom stereocenters. The zero-order valence-electron chi connectivity index (χ0n) is 13.5. The second-order valence-electron chi connectivity index (χ2n) is 7.10. The minimum Gasteiger partial charge on any atom is -0.341 e. The molecule has 0 spiro atoms. The molecule has 0 aromatic carbocycles. The molecule has 0 bridgehead atoms. The van der Waals surface area contributed by atoms with E-state index in [0.717, 1.165) is 51.5 Å². The summed E-state index contributed by atoms with van der Waals surface area (Å²) in [7, 11) is 0. The molecule has 2 aliphatic heterocycles. The highest BCUT2D eigenvalue weighted by atomic mass is 16.2. The van der Waals surface area contributed by atoms with Gasteiger partial charge in [-0.15, -0.1) is 0 Å². The molecule has 3 rings (SSSR count). The van der Waals surface area contributed by atoms with Gasteiger partial charge in [0.1, 0.15) is 0 Å². The molecular formula is C17H31N3O. The third kappa shape index (κ3) is 3.78. The Balaban J connectivity index is 1.62. The van der Waals surface area contributed by atoms with E-state index in [1.165, 1.54) is 32.1 Å². The van der Waals surface area contributed by atoms with Crippen molar-refractivity contribution in [2.24, 2.45) is 5.92 Å². The molecule has 3 aliphatic rings. The zero-order chi connectivity index (χ0) is 14.7. The van der Waals surface area contributed by atoms with Gasteiger partial charge in [0, 0.05) is 19.1 Å². The molecule has 120 valence electrons. The van der Waals surface area contributed by atoms with Crippen LogP contribution in [0.4, 0.5) is 0 Å². The van der Waals surface area contributed by atoms with Gasteiger partial charge in [0.25, 0.3) is 0 Å². The van der Waals surface area contributed by atoms with Crippen LogP contribution in [0.2, 0.25) is 0 Å². The first kappa shape index (κ1) is 15.3. The molecule has 2 heterocycles. The number of nitrogens with one attached hydrogen (secondary N) is 1.